The van der Waals surface area contributed by atoms with Crippen molar-refractivity contribution in [2.45, 2.75) is 12.5 Å². The summed E-state index contributed by atoms with van der Waals surface area (Å²) in [6.45, 7) is 0.695. The van der Waals surface area contributed by atoms with Crippen LogP contribution in [0, 0.1) is 0 Å². The standard InChI is InChI=1S/C4H9NO4/c1-4(8,2-5-9)3(6)7/h5,8-9H,2H2,1H3,(H,6,7). The Morgan fingerprint density at radius 1 is 1.78 bits per heavy atom. The Balaban J connectivity index is 3.85. The van der Waals surface area contributed by atoms with Crippen LogP contribution in [0.1, 0.15) is 6.92 Å². The highest BCUT2D eigenvalue weighted by molar-refractivity contribution is 5.76. The summed E-state index contributed by atoms with van der Waals surface area (Å²) < 4.78 is 0. The summed E-state index contributed by atoms with van der Waals surface area (Å²) in [4.78, 5) is 10.0. The molecule has 1 unspecified atom stereocenters. The second kappa shape index (κ2) is 2.77. The molecule has 0 saturated heterocycles. The minimum Gasteiger partial charge on any atom is -0.479 e. The fourth-order valence-electron chi connectivity index (χ4n) is 0.230. The molecule has 0 aliphatic heterocycles. The molecule has 0 aromatic heterocycles. The van der Waals surface area contributed by atoms with Gasteiger partial charge in [-0.2, -0.15) is 0 Å². The van der Waals surface area contributed by atoms with Crippen molar-refractivity contribution in [2.75, 3.05) is 6.54 Å². The van der Waals surface area contributed by atoms with Gasteiger partial charge in [0.05, 0.1) is 6.54 Å². The summed E-state index contributed by atoms with van der Waals surface area (Å²) in [6.07, 6.45) is 0. The molecule has 1 atom stereocenters. The lowest BCUT2D eigenvalue weighted by Crippen LogP contribution is -2.43. The number of aliphatic hydroxyl groups is 1. The number of aliphatic carboxylic acids is 1. The fourth-order valence-corrected chi connectivity index (χ4v) is 0.230. The smallest absolute Gasteiger partial charge is 0.336 e. The summed E-state index contributed by atoms with van der Waals surface area (Å²) in [7, 11) is 0. The Kier molecular flexibility index (Phi) is 2.57. The highest BCUT2D eigenvalue weighted by Crippen LogP contribution is 1.99. The van der Waals surface area contributed by atoms with E-state index in [1.807, 2.05) is 0 Å². The van der Waals surface area contributed by atoms with Crippen LogP contribution in [0.5, 0.6) is 0 Å². The van der Waals surface area contributed by atoms with E-state index >= 15 is 0 Å². The quantitative estimate of drug-likeness (QED) is 0.365. The van der Waals surface area contributed by atoms with Gasteiger partial charge in [-0.3, -0.25) is 0 Å². The SMILES string of the molecule is CC(O)(CNO)C(=O)O. The molecule has 0 spiro atoms. The van der Waals surface area contributed by atoms with E-state index in [-0.39, 0.29) is 6.54 Å². The van der Waals surface area contributed by atoms with Gasteiger partial charge in [0.25, 0.3) is 0 Å². The van der Waals surface area contributed by atoms with Crippen molar-refractivity contribution >= 4 is 5.97 Å². The van der Waals surface area contributed by atoms with E-state index in [2.05, 4.69) is 0 Å². The number of carboxylic acid groups (broad SMARTS) is 1. The number of carboxylic acids is 1. The van der Waals surface area contributed by atoms with Crippen LogP contribution in [0.3, 0.4) is 0 Å². The predicted molar refractivity (Wildman–Crippen MR) is 28.0 cm³/mol. The van der Waals surface area contributed by atoms with Crippen molar-refractivity contribution < 1.29 is 20.2 Å². The van der Waals surface area contributed by atoms with Crippen molar-refractivity contribution in [1.82, 2.24) is 5.48 Å². The zero-order chi connectivity index (χ0) is 7.49. The van der Waals surface area contributed by atoms with Crippen molar-refractivity contribution in [3.05, 3.63) is 0 Å². The Morgan fingerprint density at radius 2 is 2.22 bits per heavy atom. The van der Waals surface area contributed by atoms with Gasteiger partial charge < -0.3 is 15.4 Å². The first-order valence-electron chi connectivity index (χ1n) is 2.33. The maximum absolute atomic E-state index is 10.0. The molecule has 0 radical (unpaired) electrons. The third kappa shape index (κ3) is 2.41. The van der Waals surface area contributed by atoms with E-state index in [1.165, 1.54) is 0 Å². The fraction of sp³-hybridized carbons (Fsp3) is 0.750. The summed E-state index contributed by atoms with van der Waals surface area (Å²) >= 11 is 0. The normalized spacial score (nSPS) is 16.8. The van der Waals surface area contributed by atoms with E-state index in [9.17, 15) is 4.79 Å². The van der Waals surface area contributed by atoms with Gasteiger partial charge in [0.1, 0.15) is 0 Å². The monoisotopic (exact) mass is 135 g/mol. The second-order valence-corrected chi connectivity index (χ2v) is 1.91. The zero-order valence-corrected chi connectivity index (χ0v) is 4.96. The highest BCUT2D eigenvalue weighted by Gasteiger charge is 2.28. The first-order chi connectivity index (χ1) is 4.00. The molecular weight excluding hydrogens is 126 g/mol. The van der Waals surface area contributed by atoms with Crippen LogP contribution in [0.4, 0.5) is 0 Å². The lowest BCUT2D eigenvalue weighted by Gasteiger charge is -2.15. The molecule has 0 heterocycles. The van der Waals surface area contributed by atoms with Crippen LogP contribution in [0.15, 0.2) is 0 Å². The molecule has 4 N–H and O–H groups in total. The van der Waals surface area contributed by atoms with E-state index in [4.69, 9.17) is 15.4 Å². The van der Waals surface area contributed by atoms with Crippen LogP contribution < -0.4 is 5.48 Å². The number of rotatable bonds is 3. The van der Waals surface area contributed by atoms with E-state index < -0.39 is 11.6 Å². The molecule has 0 aromatic carbocycles. The molecule has 9 heavy (non-hydrogen) atoms. The summed E-state index contributed by atoms with van der Waals surface area (Å²) in [5.74, 6) is -1.37. The van der Waals surface area contributed by atoms with E-state index in [0.29, 0.717) is 0 Å². The van der Waals surface area contributed by atoms with Gasteiger partial charge >= 0.3 is 5.97 Å². The summed E-state index contributed by atoms with van der Waals surface area (Å²) in [6, 6.07) is 0. The zero-order valence-electron chi connectivity index (χ0n) is 4.96. The van der Waals surface area contributed by atoms with Crippen molar-refractivity contribution in [2.24, 2.45) is 0 Å². The van der Waals surface area contributed by atoms with Crippen LogP contribution in [0.2, 0.25) is 0 Å². The van der Waals surface area contributed by atoms with Crippen LogP contribution >= 0.6 is 0 Å². The second-order valence-electron chi connectivity index (χ2n) is 1.91. The lowest BCUT2D eigenvalue weighted by molar-refractivity contribution is -0.157. The van der Waals surface area contributed by atoms with Gasteiger partial charge in [-0.05, 0) is 6.92 Å². The van der Waals surface area contributed by atoms with E-state index in [1.54, 1.807) is 5.48 Å². The molecular formula is C4H9NO4. The number of hydrogen-bond acceptors (Lipinski definition) is 4. The molecule has 0 fully saturated rings. The van der Waals surface area contributed by atoms with Crippen LogP contribution in [-0.2, 0) is 4.79 Å². The van der Waals surface area contributed by atoms with Gasteiger partial charge in [-0.15, -0.1) is 0 Å². The minimum atomic E-state index is -1.89. The lowest BCUT2D eigenvalue weighted by atomic mass is 10.1. The third-order valence-electron chi connectivity index (χ3n) is 0.884. The van der Waals surface area contributed by atoms with Gasteiger partial charge in [0, 0.05) is 0 Å². The maximum Gasteiger partial charge on any atom is 0.336 e. The minimum absolute atomic E-state index is 0.387. The number of hydrogen-bond donors (Lipinski definition) is 4. The average Bonchev–Trinajstić information content (AvgIpc) is 1.65. The Labute approximate surface area is 51.9 Å². The predicted octanol–water partition coefficient (Wildman–Crippen LogP) is -1.20. The molecule has 0 aliphatic carbocycles. The third-order valence-corrected chi connectivity index (χ3v) is 0.884. The molecule has 0 amide bonds. The Bertz CT molecular complexity index is 111. The first kappa shape index (κ1) is 8.35. The Hall–Kier alpha value is -0.650. The molecule has 0 saturated carbocycles. The molecule has 0 rings (SSSR count). The van der Waals surface area contributed by atoms with Crippen LogP contribution in [-0.4, -0.2) is 33.5 Å². The van der Waals surface area contributed by atoms with Crippen molar-refractivity contribution in [3.63, 3.8) is 0 Å². The first-order valence-corrected chi connectivity index (χ1v) is 2.33. The van der Waals surface area contributed by atoms with Gasteiger partial charge in [-0.25, -0.2) is 10.3 Å². The summed E-state index contributed by atoms with van der Waals surface area (Å²) in [5.41, 5.74) is -0.336. The van der Waals surface area contributed by atoms with Gasteiger partial charge in [0.15, 0.2) is 5.60 Å². The molecule has 0 bridgehead atoms. The topological polar surface area (TPSA) is 89.8 Å². The molecule has 54 valence electrons. The van der Waals surface area contributed by atoms with Crippen molar-refractivity contribution in [3.8, 4) is 0 Å². The maximum atomic E-state index is 10.0. The van der Waals surface area contributed by atoms with Gasteiger partial charge in [-0.1, -0.05) is 0 Å². The average molecular weight is 135 g/mol. The van der Waals surface area contributed by atoms with Crippen molar-refractivity contribution in [1.29, 1.82) is 0 Å². The molecule has 5 heteroatoms. The van der Waals surface area contributed by atoms with Gasteiger partial charge in [0.2, 0.25) is 0 Å². The Morgan fingerprint density at radius 3 is 2.33 bits per heavy atom. The van der Waals surface area contributed by atoms with Crippen LogP contribution in [0.25, 0.3) is 0 Å². The van der Waals surface area contributed by atoms with E-state index in [0.717, 1.165) is 6.92 Å². The largest absolute Gasteiger partial charge is 0.479 e. The number of nitrogens with one attached hydrogen (secondary N) is 1. The molecule has 5 nitrogen and oxygen atoms in total. The molecule has 0 aliphatic rings. The highest BCUT2D eigenvalue weighted by atomic mass is 16.5. The number of hydroxylamine groups is 1. The number of carbonyl (C=O) groups is 1. The molecule has 0 aromatic rings. The summed E-state index contributed by atoms with van der Waals surface area (Å²) in [5, 5.41) is 24.9.